The van der Waals surface area contributed by atoms with Gasteiger partial charge in [0.05, 0.1) is 0 Å². The van der Waals surface area contributed by atoms with Crippen LogP contribution in [-0.2, 0) is 4.79 Å². The molecule has 0 heterocycles. The molecule has 0 amide bonds. The van der Waals surface area contributed by atoms with Gasteiger partial charge in [-0.05, 0) is 111 Å². The van der Waals surface area contributed by atoms with Crippen LogP contribution in [0.15, 0.2) is 35.5 Å². The standard InChI is InChI=1S/C27H40O/c1-18(2)7-6-8-19(3)23-11-12-24-22-10-9-20-17-21(28)13-15-26(20,4)25(22)14-16-27(23,24)5/h7,9-10,17,19,22-25H,6,8,11-16H2,1-5H3/t19-,22+,23-,24+,25?,26+,27-/m1/s1. The van der Waals surface area contributed by atoms with Crippen LogP contribution in [0.1, 0.15) is 86.0 Å². The Kier molecular flexibility index (Phi) is 5.26. The van der Waals surface area contributed by atoms with Gasteiger partial charge in [-0.15, -0.1) is 0 Å². The van der Waals surface area contributed by atoms with E-state index in [0.29, 0.717) is 11.2 Å². The maximum absolute atomic E-state index is 12.0. The SMILES string of the molecule is CC(C)=CCC[C@@H](C)[C@H]1CC[C@H]2[C@@H]3C=CC4=CC(=O)CC[C@]4(C)C3CC[C@]12C. The van der Waals surface area contributed by atoms with Crippen molar-refractivity contribution in [2.75, 3.05) is 0 Å². The van der Waals surface area contributed by atoms with Crippen LogP contribution in [0.4, 0.5) is 0 Å². The summed E-state index contributed by atoms with van der Waals surface area (Å²) in [5.74, 6) is 4.36. The number of rotatable bonds is 4. The van der Waals surface area contributed by atoms with Gasteiger partial charge in [-0.25, -0.2) is 0 Å². The van der Waals surface area contributed by atoms with Crippen molar-refractivity contribution in [2.24, 2.45) is 40.4 Å². The molecule has 0 aromatic heterocycles. The molecule has 7 atom stereocenters. The van der Waals surface area contributed by atoms with Gasteiger partial charge in [0, 0.05) is 6.42 Å². The molecule has 0 bridgehead atoms. The van der Waals surface area contributed by atoms with Crippen LogP contribution < -0.4 is 0 Å². The third kappa shape index (κ3) is 3.17. The molecular formula is C27H40O. The lowest BCUT2D eigenvalue weighted by Crippen LogP contribution is -2.49. The van der Waals surface area contributed by atoms with Crippen LogP contribution in [0.5, 0.6) is 0 Å². The molecular weight excluding hydrogens is 340 g/mol. The van der Waals surface area contributed by atoms with E-state index in [0.717, 1.165) is 42.4 Å². The molecule has 0 aromatic rings. The van der Waals surface area contributed by atoms with Crippen molar-refractivity contribution in [1.82, 2.24) is 0 Å². The smallest absolute Gasteiger partial charge is 0.156 e. The minimum Gasteiger partial charge on any atom is -0.295 e. The molecule has 1 nitrogen and oxygen atoms in total. The molecule has 0 spiro atoms. The average molecular weight is 381 g/mol. The molecule has 4 aliphatic rings. The second kappa shape index (κ2) is 7.29. The van der Waals surface area contributed by atoms with Gasteiger partial charge < -0.3 is 0 Å². The lowest BCUT2D eigenvalue weighted by Gasteiger charge is -2.56. The van der Waals surface area contributed by atoms with Gasteiger partial charge in [0.1, 0.15) is 0 Å². The Morgan fingerprint density at radius 1 is 1.18 bits per heavy atom. The molecule has 4 aliphatic carbocycles. The molecule has 2 saturated carbocycles. The lowest BCUT2D eigenvalue weighted by molar-refractivity contribution is -0.116. The number of allylic oxidation sites excluding steroid dienone is 6. The third-order valence-electron chi connectivity index (χ3n) is 9.45. The van der Waals surface area contributed by atoms with Crippen molar-refractivity contribution in [2.45, 2.75) is 86.0 Å². The summed E-state index contributed by atoms with van der Waals surface area (Å²) in [7, 11) is 0. The topological polar surface area (TPSA) is 17.1 Å². The second-order valence-electron chi connectivity index (χ2n) is 11.2. The molecule has 28 heavy (non-hydrogen) atoms. The van der Waals surface area contributed by atoms with E-state index in [2.05, 4.69) is 52.8 Å². The molecule has 4 rings (SSSR count). The highest BCUT2D eigenvalue weighted by Gasteiger charge is 2.58. The summed E-state index contributed by atoms with van der Waals surface area (Å²) in [4.78, 5) is 12.0. The fourth-order valence-corrected chi connectivity index (χ4v) is 7.81. The quantitative estimate of drug-likeness (QED) is 0.468. The molecule has 0 radical (unpaired) electrons. The summed E-state index contributed by atoms with van der Waals surface area (Å²) in [5, 5.41) is 0. The van der Waals surface area contributed by atoms with Crippen LogP contribution in [0.3, 0.4) is 0 Å². The van der Waals surface area contributed by atoms with Gasteiger partial charge in [-0.3, -0.25) is 4.79 Å². The Morgan fingerprint density at radius 2 is 1.96 bits per heavy atom. The molecule has 0 aliphatic heterocycles. The summed E-state index contributed by atoms with van der Waals surface area (Å²) in [6, 6.07) is 0. The van der Waals surface area contributed by atoms with Gasteiger partial charge in [-0.2, -0.15) is 0 Å². The van der Waals surface area contributed by atoms with Gasteiger partial charge in [0.2, 0.25) is 0 Å². The fraction of sp³-hybridized carbons (Fsp3) is 0.741. The number of carbonyl (C=O) groups is 1. The van der Waals surface area contributed by atoms with E-state index in [4.69, 9.17) is 0 Å². The molecule has 1 heteroatoms. The zero-order valence-corrected chi connectivity index (χ0v) is 18.8. The van der Waals surface area contributed by atoms with Gasteiger partial charge >= 0.3 is 0 Å². The minimum absolute atomic E-state index is 0.238. The van der Waals surface area contributed by atoms with Gasteiger partial charge in [-0.1, -0.05) is 44.6 Å². The molecule has 154 valence electrons. The number of ketones is 1. The third-order valence-corrected chi connectivity index (χ3v) is 9.45. The minimum atomic E-state index is 0.238. The van der Waals surface area contributed by atoms with Crippen molar-refractivity contribution in [1.29, 1.82) is 0 Å². The van der Waals surface area contributed by atoms with Crippen LogP contribution in [0.25, 0.3) is 0 Å². The van der Waals surface area contributed by atoms with Crippen molar-refractivity contribution >= 4 is 5.78 Å². The Balaban J connectivity index is 1.55. The highest BCUT2D eigenvalue weighted by molar-refractivity contribution is 5.92. The summed E-state index contributed by atoms with van der Waals surface area (Å²) < 4.78 is 0. The molecule has 0 aromatic carbocycles. The first-order valence-corrected chi connectivity index (χ1v) is 11.8. The number of fused-ring (bicyclic) bond motifs is 5. The first kappa shape index (κ1) is 20.2. The van der Waals surface area contributed by atoms with Crippen molar-refractivity contribution < 1.29 is 4.79 Å². The van der Waals surface area contributed by atoms with Crippen molar-refractivity contribution in [3.63, 3.8) is 0 Å². The summed E-state index contributed by atoms with van der Waals surface area (Å²) in [6.07, 6.45) is 19.2. The van der Waals surface area contributed by atoms with Crippen LogP contribution in [0, 0.1) is 40.4 Å². The number of carbonyl (C=O) groups excluding carboxylic acids is 1. The summed E-state index contributed by atoms with van der Waals surface area (Å²) >= 11 is 0. The van der Waals surface area contributed by atoms with E-state index in [1.165, 1.54) is 49.7 Å². The Morgan fingerprint density at radius 3 is 2.71 bits per heavy atom. The summed E-state index contributed by atoms with van der Waals surface area (Å²) in [5.41, 5.74) is 3.54. The normalized spacial score (nSPS) is 42.9. The Labute approximate surface area is 172 Å². The van der Waals surface area contributed by atoms with Crippen LogP contribution in [-0.4, -0.2) is 5.78 Å². The number of hydrogen-bond acceptors (Lipinski definition) is 1. The maximum Gasteiger partial charge on any atom is 0.156 e. The molecule has 0 saturated heterocycles. The maximum atomic E-state index is 12.0. The van der Waals surface area contributed by atoms with E-state index in [9.17, 15) is 4.79 Å². The monoisotopic (exact) mass is 380 g/mol. The first-order valence-electron chi connectivity index (χ1n) is 11.8. The van der Waals surface area contributed by atoms with Gasteiger partial charge in [0.15, 0.2) is 5.78 Å². The fourth-order valence-electron chi connectivity index (χ4n) is 7.81. The van der Waals surface area contributed by atoms with E-state index in [1.54, 1.807) is 0 Å². The number of hydrogen-bond donors (Lipinski definition) is 0. The second-order valence-corrected chi connectivity index (χ2v) is 11.2. The highest BCUT2D eigenvalue weighted by Crippen LogP contribution is 2.66. The molecule has 0 N–H and O–H groups in total. The van der Waals surface area contributed by atoms with E-state index >= 15 is 0 Å². The zero-order valence-electron chi connectivity index (χ0n) is 18.8. The average Bonchev–Trinajstić information content (AvgIpc) is 2.99. The van der Waals surface area contributed by atoms with Crippen molar-refractivity contribution in [3.05, 3.63) is 35.5 Å². The first-order chi connectivity index (χ1) is 13.3. The largest absolute Gasteiger partial charge is 0.295 e. The van der Waals surface area contributed by atoms with Crippen molar-refractivity contribution in [3.8, 4) is 0 Å². The van der Waals surface area contributed by atoms with E-state index < -0.39 is 0 Å². The molecule has 2 fully saturated rings. The summed E-state index contributed by atoms with van der Waals surface area (Å²) in [6.45, 7) is 12.1. The van der Waals surface area contributed by atoms with E-state index in [1.807, 2.05) is 6.08 Å². The Hall–Kier alpha value is -1.11. The highest BCUT2D eigenvalue weighted by atomic mass is 16.1. The predicted octanol–water partition coefficient (Wildman–Crippen LogP) is 7.29. The Bertz CT molecular complexity index is 721. The van der Waals surface area contributed by atoms with Crippen LogP contribution in [0.2, 0.25) is 0 Å². The zero-order chi connectivity index (χ0) is 20.1. The van der Waals surface area contributed by atoms with Crippen LogP contribution >= 0.6 is 0 Å². The van der Waals surface area contributed by atoms with Gasteiger partial charge in [0.25, 0.3) is 0 Å². The lowest BCUT2D eigenvalue weighted by atomic mass is 9.48. The molecule has 1 unspecified atom stereocenters. The van der Waals surface area contributed by atoms with E-state index in [-0.39, 0.29) is 5.41 Å². The predicted molar refractivity (Wildman–Crippen MR) is 118 cm³/mol.